The van der Waals surface area contributed by atoms with E-state index in [2.05, 4.69) is 20.6 Å². The van der Waals surface area contributed by atoms with Gasteiger partial charge in [0.2, 0.25) is 5.95 Å². The van der Waals surface area contributed by atoms with Crippen LogP contribution in [0, 0.1) is 6.92 Å². The Balaban J connectivity index is 1.80. The minimum atomic E-state index is -0.444. The number of methoxy groups -OCH3 is 1. The standard InChI is InChI=1S/C19H17ClN4O2/c1-12-3-6-14(7-4-12)22-17-9-10-21-19(24-17)23-16-11-13(18(25)26-2)5-8-15(16)20/h3-11H,1-2H3,(H2,21,22,23,24). The quantitative estimate of drug-likeness (QED) is 0.635. The molecule has 26 heavy (non-hydrogen) atoms. The number of ether oxygens (including phenoxy) is 1. The zero-order chi connectivity index (χ0) is 18.5. The fourth-order valence-electron chi connectivity index (χ4n) is 2.26. The van der Waals surface area contributed by atoms with Gasteiger partial charge in [-0.1, -0.05) is 29.3 Å². The summed E-state index contributed by atoms with van der Waals surface area (Å²) in [7, 11) is 1.33. The minimum absolute atomic E-state index is 0.353. The molecule has 132 valence electrons. The van der Waals surface area contributed by atoms with Crippen molar-refractivity contribution in [1.82, 2.24) is 9.97 Å². The fraction of sp³-hybridized carbons (Fsp3) is 0.105. The van der Waals surface area contributed by atoms with E-state index < -0.39 is 5.97 Å². The van der Waals surface area contributed by atoms with E-state index >= 15 is 0 Å². The van der Waals surface area contributed by atoms with Gasteiger partial charge in [0, 0.05) is 11.9 Å². The molecular weight excluding hydrogens is 352 g/mol. The Morgan fingerprint density at radius 1 is 1.08 bits per heavy atom. The van der Waals surface area contributed by atoms with Gasteiger partial charge in [0.25, 0.3) is 0 Å². The molecule has 0 spiro atoms. The van der Waals surface area contributed by atoms with Gasteiger partial charge in [0.15, 0.2) is 0 Å². The first kappa shape index (κ1) is 17.7. The third-order valence-corrected chi connectivity index (χ3v) is 3.94. The molecule has 1 aromatic heterocycles. The summed E-state index contributed by atoms with van der Waals surface area (Å²) in [5.41, 5.74) is 3.00. The number of esters is 1. The first-order chi connectivity index (χ1) is 12.5. The van der Waals surface area contributed by atoms with Crippen LogP contribution < -0.4 is 10.6 Å². The largest absolute Gasteiger partial charge is 0.465 e. The van der Waals surface area contributed by atoms with E-state index in [1.807, 2.05) is 31.2 Å². The predicted molar refractivity (Wildman–Crippen MR) is 103 cm³/mol. The molecule has 0 bridgehead atoms. The summed E-state index contributed by atoms with van der Waals surface area (Å²) >= 11 is 6.19. The molecule has 0 unspecified atom stereocenters. The van der Waals surface area contributed by atoms with Gasteiger partial charge in [0.1, 0.15) is 5.82 Å². The fourth-order valence-corrected chi connectivity index (χ4v) is 2.42. The van der Waals surface area contributed by atoms with Crippen molar-refractivity contribution in [3.63, 3.8) is 0 Å². The Kier molecular flexibility index (Phi) is 5.34. The van der Waals surface area contributed by atoms with Crippen LogP contribution in [0.1, 0.15) is 15.9 Å². The van der Waals surface area contributed by atoms with Crippen LogP contribution in [0.2, 0.25) is 5.02 Å². The lowest BCUT2D eigenvalue weighted by Crippen LogP contribution is -2.04. The summed E-state index contributed by atoms with van der Waals surface area (Å²) in [5, 5.41) is 6.68. The molecule has 0 aliphatic heterocycles. The van der Waals surface area contributed by atoms with Crippen molar-refractivity contribution >= 4 is 40.7 Å². The number of carbonyl (C=O) groups excluding carboxylic acids is 1. The van der Waals surface area contributed by atoms with Gasteiger partial charge < -0.3 is 15.4 Å². The Morgan fingerprint density at radius 2 is 1.85 bits per heavy atom. The van der Waals surface area contributed by atoms with E-state index in [1.54, 1.807) is 30.5 Å². The van der Waals surface area contributed by atoms with Crippen molar-refractivity contribution in [1.29, 1.82) is 0 Å². The minimum Gasteiger partial charge on any atom is -0.465 e. The van der Waals surface area contributed by atoms with Gasteiger partial charge in [0.05, 0.1) is 23.4 Å². The average Bonchev–Trinajstić information content (AvgIpc) is 2.65. The van der Waals surface area contributed by atoms with E-state index in [0.717, 1.165) is 5.69 Å². The molecule has 2 aromatic carbocycles. The smallest absolute Gasteiger partial charge is 0.337 e. The van der Waals surface area contributed by atoms with E-state index in [-0.39, 0.29) is 0 Å². The summed E-state index contributed by atoms with van der Waals surface area (Å²) in [5.74, 6) is 0.540. The van der Waals surface area contributed by atoms with Crippen LogP contribution in [0.3, 0.4) is 0 Å². The highest BCUT2D eigenvalue weighted by Crippen LogP contribution is 2.26. The lowest BCUT2D eigenvalue weighted by Gasteiger charge is -2.10. The van der Waals surface area contributed by atoms with Crippen molar-refractivity contribution < 1.29 is 9.53 Å². The van der Waals surface area contributed by atoms with Crippen molar-refractivity contribution in [2.24, 2.45) is 0 Å². The molecule has 3 rings (SSSR count). The molecule has 0 saturated heterocycles. The number of nitrogens with one attached hydrogen (secondary N) is 2. The molecule has 0 radical (unpaired) electrons. The van der Waals surface area contributed by atoms with Crippen LogP contribution in [0.5, 0.6) is 0 Å². The molecule has 0 amide bonds. The average molecular weight is 369 g/mol. The van der Waals surface area contributed by atoms with E-state index in [9.17, 15) is 4.79 Å². The Labute approximate surface area is 156 Å². The molecule has 6 nitrogen and oxygen atoms in total. The Bertz CT molecular complexity index is 929. The van der Waals surface area contributed by atoms with Crippen LogP contribution in [0.15, 0.2) is 54.7 Å². The maximum atomic E-state index is 11.7. The van der Waals surface area contributed by atoms with E-state index in [4.69, 9.17) is 16.3 Å². The molecule has 0 fully saturated rings. The number of halogens is 1. The maximum Gasteiger partial charge on any atom is 0.337 e. The number of carbonyl (C=O) groups is 1. The van der Waals surface area contributed by atoms with Gasteiger partial charge in [-0.05, 0) is 43.3 Å². The summed E-state index contributed by atoms with van der Waals surface area (Å²) in [6.45, 7) is 2.03. The maximum absolute atomic E-state index is 11.7. The third-order valence-electron chi connectivity index (χ3n) is 3.61. The number of aryl methyl sites for hydroxylation is 1. The molecule has 0 saturated carbocycles. The molecule has 7 heteroatoms. The molecule has 3 aromatic rings. The predicted octanol–water partition coefficient (Wildman–Crippen LogP) is 4.71. The van der Waals surface area contributed by atoms with Crippen molar-refractivity contribution in [3.05, 3.63) is 70.9 Å². The zero-order valence-corrected chi connectivity index (χ0v) is 15.0. The lowest BCUT2D eigenvalue weighted by atomic mass is 10.2. The normalized spacial score (nSPS) is 10.3. The topological polar surface area (TPSA) is 76.1 Å². The van der Waals surface area contributed by atoms with Crippen LogP contribution in [0.4, 0.5) is 23.1 Å². The third kappa shape index (κ3) is 4.29. The lowest BCUT2D eigenvalue weighted by molar-refractivity contribution is 0.0601. The van der Waals surface area contributed by atoms with Crippen molar-refractivity contribution in [3.8, 4) is 0 Å². The number of hydrogen-bond acceptors (Lipinski definition) is 6. The number of benzene rings is 2. The number of anilines is 4. The SMILES string of the molecule is COC(=O)c1ccc(Cl)c(Nc2nccc(Nc3ccc(C)cc3)n2)c1. The molecule has 0 aliphatic rings. The highest BCUT2D eigenvalue weighted by atomic mass is 35.5. The molecule has 0 atom stereocenters. The summed E-state index contributed by atoms with van der Waals surface area (Å²) < 4.78 is 4.72. The van der Waals surface area contributed by atoms with Crippen molar-refractivity contribution in [2.75, 3.05) is 17.7 Å². The number of rotatable bonds is 5. The second kappa shape index (κ2) is 7.84. The summed E-state index contributed by atoms with van der Waals surface area (Å²) in [6.07, 6.45) is 1.63. The Hall–Kier alpha value is -3.12. The molecule has 1 heterocycles. The molecule has 0 aliphatic carbocycles. The molecule has 2 N–H and O–H groups in total. The van der Waals surface area contributed by atoms with E-state index in [1.165, 1.54) is 12.7 Å². The Morgan fingerprint density at radius 3 is 2.58 bits per heavy atom. The first-order valence-electron chi connectivity index (χ1n) is 7.87. The summed E-state index contributed by atoms with van der Waals surface area (Å²) in [4.78, 5) is 20.3. The monoisotopic (exact) mass is 368 g/mol. The van der Waals surface area contributed by atoms with Crippen LogP contribution in [0.25, 0.3) is 0 Å². The zero-order valence-electron chi connectivity index (χ0n) is 14.3. The second-order valence-corrected chi connectivity index (χ2v) is 5.97. The highest BCUT2D eigenvalue weighted by Gasteiger charge is 2.10. The van der Waals surface area contributed by atoms with E-state index in [0.29, 0.717) is 28.0 Å². The van der Waals surface area contributed by atoms with Crippen LogP contribution in [-0.4, -0.2) is 23.0 Å². The van der Waals surface area contributed by atoms with Gasteiger partial charge in [-0.25, -0.2) is 9.78 Å². The van der Waals surface area contributed by atoms with Crippen LogP contribution >= 0.6 is 11.6 Å². The van der Waals surface area contributed by atoms with Gasteiger partial charge >= 0.3 is 5.97 Å². The highest BCUT2D eigenvalue weighted by molar-refractivity contribution is 6.33. The van der Waals surface area contributed by atoms with Crippen molar-refractivity contribution in [2.45, 2.75) is 6.92 Å². The van der Waals surface area contributed by atoms with Gasteiger partial charge in [-0.2, -0.15) is 4.98 Å². The first-order valence-corrected chi connectivity index (χ1v) is 8.24. The van der Waals surface area contributed by atoms with Gasteiger partial charge in [-0.3, -0.25) is 0 Å². The van der Waals surface area contributed by atoms with Gasteiger partial charge in [-0.15, -0.1) is 0 Å². The number of nitrogens with zero attached hydrogens (tertiary/aromatic N) is 2. The molecular formula is C19H17ClN4O2. The number of hydrogen-bond donors (Lipinski definition) is 2. The summed E-state index contributed by atoms with van der Waals surface area (Å²) in [6, 6.07) is 14.5. The number of aromatic nitrogens is 2. The van der Waals surface area contributed by atoms with Crippen LogP contribution in [-0.2, 0) is 4.74 Å². The second-order valence-electron chi connectivity index (χ2n) is 5.57.